The van der Waals surface area contributed by atoms with Crippen molar-refractivity contribution in [2.45, 2.75) is 58.4 Å². The van der Waals surface area contributed by atoms with Crippen LogP contribution in [0.5, 0.6) is 0 Å². The molecule has 26 heavy (non-hydrogen) atoms. The van der Waals surface area contributed by atoms with E-state index in [9.17, 15) is 9.59 Å². The van der Waals surface area contributed by atoms with Crippen LogP contribution in [0.1, 0.15) is 52.0 Å². The Kier molecular flexibility index (Phi) is 7.49. The molecule has 0 radical (unpaired) electrons. The second-order valence-electron chi connectivity index (χ2n) is 8.25. The molecule has 0 aromatic heterocycles. The van der Waals surface area contributed by atoms with E-state index in [0.29, 0.717) is 12.3 Å². The summed E-state index contributed by atoms with van der Waals surface area (Å²) in [5, 5.41) is 6.07. The first-order valence-corrected chi connectivity index (χ1v) is 9.71. The van der Waals surface area contributed by atoms with Crippen LogP contribution < -0.4 is 10.6 Å². The van der Waals surface area contributed by atoms with Crippen LogP contribution in [0.25, 0.3) is 0 Å². The Hall–Kier alpha value is -2.04. The maximum atomic E-state index is 12.2. The molecule has 144 valence electrons. The second-order valence-corrected chi connectivity index (χ2v) is 8.25. The minimum absolute atomic E-state index is 0.0147. The first-order valence-electron chi connectivity index (χ1n) is 9.71. The Morgan fingerprint density at radius 1 is 1.12 bits per heavy atom. The van der Waals surface area contributed by atoms with Crippen molar-refractivity contribution < 1.29 is 9.59 Å². The standard InChI is InChI=1S/C21H33N3O2/c1-21(2,3)23-20(26)24-14-12-18(13-15-24)16-22-19(25)11-7-10-17-8-5-4-6-9-17/h4-6,8-9,18H,7,10-16H2,1-3H3,(H,22,25)(H,23,26). The van der Waals surface area contributed by atoms with E-state index in [0.717, 1.165) is 45.3 Å². The second kappa shape index (κ2) is 9.60. The van der Waals surface area contributed by atoms with Crippen LogP contribution in [0.2, 0.25) is 0 Å². The van der Waals surface area contributed by atoms with Gasteiger partial charge in [-0.1, -0.05) is 30.3 Å². The van der Waals surface area contributed by atoms with E-state index in [4.69, 9.17) is 0 Å². The normalized spacial score (nSPS) is 15.6. The van der Waals surface area contributed by atoms with Crippen LogP contribution in [-0.4, -0.2) is 42.0 Å². The number of likely N-dealkylation sites (tertiary alicyclic amines) is 1. The summed E-state index contributed by atoms with van der Waals surface area (Å²) in [4.78, 5) is 26.1. The highest BCUT2D eigenvalue weighted by atomic mass is 16.2. The predicted octanol–water partition coefficient (Wildman–Crippen LogP) is 3.35. The third-order valence-electron chi connectivity index (χ3n) is 4.68. The zero-order valence-electron chi connectivity index (χ0n) is 16.4. The van der Waals surface area contributed by atoms with Crippen LogP contribution in [0, 0.1) is 5.92 Å². The lowest BCUT2D eigenvalue weighted by atomic mass is 9.97. The minimum Gasteiger partial charge on any atom is -0.356 e. The van der Waals surface area contributed by atoms with E-state index in [1.165, 1.54) is 5.56 Å². The van der Waals surface area contributed by atoms with Crippen molar-refractivity contribution >= 4 is 11.9 Å². The molecule has 1 aliphatic rings. The average molecular weight is 360 g/mol. The van der Waals surface area contributed by atoms with Crippen molar-refractivity contribution in [3.63, 3.8) is 0 Å². The van der Waals surface area contributed by atoms with Crippen LogP contribution >= 0.6 is 0 Å². The fourth-order valence-corrected chi connectivity index (χ4v) is 3.18. The van der Waals surface area contributed by atoms with Gasteiger partial charge < -0.3 is 15.5 Å². The number of nitrogens with zero attached hydrogens (tertiary/aromatic N) is 1. The van der Waals surface area contributed by atoms with Gasteiger partial charge in [-0.05, 0) is 57.9 Å². The van der Waals surface area contributed by atoms with Gasteiger partial charge in [0.15, 0.2) is 0 Å². The SMILES string of the molecule is CC(C)(C)NC(=O)N1CCC(CNC(=O)CCCc2ccccc2)CC1. The lowest BCUT2D eigenvalue weighted by Crippen LogP contribution is -2.51. The molecule has 2 rings (SSSR count). The summed E-state index contributed by atoms with van der Waals surface area (Å²) in [6.07, 6.45) is 4.28. The van der Waals surface area contributed by atoms with Crippen molar-refractivity contribution in [2.24, 2.45) is 5.92 Å². The minimum atomic E-state index is -0.207. The molecule has 0 bridgehead atoms. The highest BCUT2D eigenvalue weighted by molar-refractivity contribution is 5.76. The summed E-state index contributed by atoms with van der Waals surface area (Å²) < 4.78 is 0. The largest absolute Gasteiger partial charge is 0.356 e. The monoisotopic (exact) mass is 359 g/mol. The number of hydrogen-bond donors (Lipinski definition) is 2. The molecule has 2 N–H and O–H groups in total. The van der Waals surface area contributed by atoms with E-state index in [1.54, 1.807) is 0 Å². The number of hydrogen-bond acceptors (Lipinski definition) is 2. The van der Waals surface area contributed by atoms with Crippen LogP contribution in [0.15, 0.2) is 30.3 Å². The van der Waals surface area contributed by atoms with Crippen LogP contribution in [0.3, 0.4) is 0 Å². The molecule has 1 aromatic carbocycles. The number of carbonyl (C=O) groups is 2. The van der Waals surface area contributed by atoms with Gasteiger partial charge in [-0.25, -0.2) is 4.79 Å². The molecule has 0 saturated carbocycles. The summed E-state index contributed by atoms with van der Waals surface area (Å²) in [6, 6.07) is 10.3. The molecular weight excluding hydrogens is 326 g/mol. The highest BCUT2D eigenvalue weighted by Gasteiger charge is 2.25. The summed E-state index contributed by atoms with van der Waals surface area (Å²) >= 11 is 0. The Balaban J connectivity index is 1.59. The molecule has 0 aliphatic carbocycles. The van der Waals surface area contributed by atoms with E-state index >= 15 is 0 Å². The molecule has 0 unspecified atom stereocenters. The average Bonchev–Trinajstić information content (AvgIpc) is 2.60. The molecule has 3 amide bonds. The third-order valence-corrected chi connectivity index (χ3v) is 4.68. The van der Waals surface area contributed by atoms with Crippen molar-refractivity contribution in [3.05, 3.63) is 35.9 Å². The Bertz CT molecular complexity index is 573. The van der Waals surface area contributed by atoms with Crippen LogP contribution in [0.4, 0.5) is 4.79 Å². The molecule has 5 nitrogen and oxygen atoms in total. The Morgan fingerprint density at radius 2 is 1.77 bits per heavy atom. The van der Waals surface area contributed by atoms with Gasteiger partial charge in [0.2, 0.25) is 5.91 Å². The zero-order valence-corrected chi connectivity index (χ0v) is 16.4. The highest BCUT2D eigenvalue weighted by Crippen LogP contribution is 2.17. The lowest BCUT2D eigenvalue weighted by Gasteiger charge is -2.34. The first-order chi connectivity index (χ1) is 12.3. The summed E-state index contributed by atoms with van der Waals surface area (Å²) in [6.45, 7) is 8.22. The van der Waals surface area contributed by atoms with Gasteiger partial charge in [0.25, 0.3) is 0 Å². The van der Waals surface area contributed by atoms with E-state index in [-0.39, 0.29) is 17.5 Å². The summed E-state index contributed by atoms with van der Waals surface area (Å²) in [7, 11) is 0. The molecule has 5 heteroatoms. The fraction of sp³-hybridized carbons (Fsp3) is 0.619. The summed E-state index contributed by atoms with van der Waals surface area (Å²) in [5.74, 6) is 0.598. The lowest BCUT2D eigenvalue weighted by molar-refractivity contribution is -0.121. The summed E-state index contributed by atoms with van der Waals surface area (Å²) in [5.41, 5.74) is 1.07. The van der Waals surface area contributed by atoms with Crippen molar-refractivity contribution in [1.82, 2.24) is 15.5 Å². The number of aryl methyl sites for hydroxylation is 1. The molecular formula is C21H33N3O2. The topological polar surface area (TPSA) is 61.4 Å². The van der Waals surface area contributed by atoms with Gasteiger partial charge in [-0.2, -0.15) is 0 Å². The number of rotatable bonds is 6. The molecule has 1 aliphatic heterocycles. The third kappa shape index (κ3) is 7.46. The number of carbonyl (C=O) groups excluding carboxylic acids is 2. The number of benzene rings is 1. The zero-order chi connectivity index (χ0) is 19.0. The van der Waals surface area contributed by atoms with E-state index in [2.05, 4.69) is 22.8 Å². The van der Waals surface area contributed by atoms with E-state index < -0.39 is 0 Å². The molecule has 1 fully saturated rings. The molecule has 1 heterocycles. The smallest absolute Gasteiger partial charge is 0.317 e. The van der Waals surface area contributed by atoms with Gasteiger partial charge in [0.1, 0.15) is 0 Å². The number of nitrogens with one attached hydrogen (secondary N) is 2. The van der Waals surface area contributed by atoms with Crippen LogP contribution in [-0.2, 0) is 11.2 Å². The maximum Gasteiger partial charge on any atom is 0.317 e. The number of amides is 3. The van der Waals surface area contributed by atoms with Crippen molar-refractivity contribution in [3.8, 4) is 0 Å². The van der Waals surface area contributed by atoms with Gasteiger partial charge in [-0.3, -0.25) is 4.79 Å². The Labute approximate surface area is 157 Å². The maximum absolute atomic E-state index is 12.2. The quantitative estimate of drug-likeness (QED) is 0.818. The molecule has 0 atom stereocenters. The first kappa shape index (κ1) is 20.3. The van der Waals surface area contributed by atoms with Crippen molar-refractivity contribution in [2.75, 3.05) is 19.6 Å². The van der Waals surface area contributed by atoms with Gasteiger partial charge in [0, 0.05) is 31.6 Å². The van der Waals surface area contributed by atoms with Gasteiger partial charge in [0.05, 0.1) is 0 Å². The Morgan fingerprint density at radius 3 is 2.38 bits per heavy atom. The van der Waals surface area contributed by atoms with Crippen molar-refractivity contribution in [1.29, 1.82) is 0 Å². The van der Waals surface area contributed by atoms with Gasteiger partial charge in [-0.15, -0.1) is 0 Å². The fourth-order valence-electron chi connectivity index (χ4n) is 3.18. The number of piperidine rings is 1. The molecule has 1 aromatic rings. The molecule has 1 saturated heterocycles. The molecule has 0 spiro atoms. The predicted molar refractivity (Wildman–Crippen MR) is 105 cm³/mol. The van der Waals surface area contributed by atoms with E-state index in [1.807, 2.05) is 43.9 Å². The van der Waals surface area contributed by atoms with Gasteiger partial charge >= 0.3 is 6.03 Å². The number of urea groups is 1.